The zero-order chi connectivity index (χ0) is 10.2. The van der Waals surface area contributed by atoms with Crippen LogP contribution in [0.3, 0.4) is 0 Å². The molecule has 1 N–H and O–H groups in total. The molecular formula is C13H14OU. The third-order valence-electron chi connectivity index (χ3n) is 1.72. The molecule has 0 saturated carbocycles. The van der Waals surface area contributed by atoms with E-state index < -0.39 is 0 Å². The Kier molecular flexibility index (Phi) is 8.37. The van der Waals surface area contributed by atoms with Crippen LogP contribution in [0.15, 0.2) is 54.3 Å². The van der Waals surface area contributed by atoms with Crippen molar-refractivity contribution in [3.05, 3.63) is 66.8 Å². The zero-order valence-electron chi connectivity index (χ0n) is 8.72. The third-order valence-corrected chi connectivity index (χ3v) is 1.72. The van der Waals surface area contributed by atoms with E-state index in [1.165, 1.54) is 0 Å². The van der Waals surface area contributed by atoms with Gasteiger partial charge in [0, 0.05) is 5.76 Å². The van der Waals surface area contributed by atoms with Crippen molar-refractivity contribution in [2.45, 2.75) is 6.92 Å². The van der Waals surface area contributed by atoms with Crippen molar-refractivity contribution in [2.75, 3.05) is 0 Å². The van der Waals surface area contributed by atoms with Gasteiger partial charge in [-0.15, -0.1) is 0 Å². The first-order valence-electron chi connectivity index (χ1n) is 4.62. The summed E-state index contributed by atoms with van der Waals surface area (Å²) in [6, 6.07) is 12.5. The minimum atomic E-state index is 0. The number of allylic oxidation sites excluding steroid dienone is 3. The Hall–Kier alpha value is -0.578. The summed E-state index contributed by atoms with van der Waals surface area (Å²) in [5, 5.41) is 8.83. The fourth-order valence-electron chi connectivity index (χ4n) is 1.05. The van der Waals surface area contributed by atoms with Crippen molar-refractivity contribution in [1.82, 2.24) is 0 Å². The summed E-state index contributed by atoms with van der Waals surface area (Å²) in [7, 11) is 0. The van der Waals surface area contributed by atoms with Gasteiger partial charge in [-0.25, -0.2) is 12.5 Å². The SMILES string of the molecule is CC1C=C(O)C=C[CH-]1.[U+2].[c-]1ccccc1. The van der Waals surface area contributed by atoms with E-state index in [2.05, 4.69) is 6.07 Å². The van der Waals surface area contributed by atoms with Gasteiger partial charge in [-0.1, -0.05) is 18.9 Å². The average Bonchev–Trinajstić information content (AvgIpc) is 2.21. The van der Waals surface area contributed by atoms with Gasteiger partial charge in [0.1, 0.15) is 0 Å². The number of hydrogen-bond donors (Lipinski definition) is 1. The molecule has 0 aromatic heterocycles. The summed E-state index contributed by atoms with van der Waals surface area (Å²) in [5.74, 6) is 0.764. The van der Waals surface area contributed by atoms with Gasteiger partial charge in [-0.2, -0.15) is 42.5 Å². The second-order valence-electron chi connectivity index (χ2n) is 3.08. The summed E-state index contributed by atoms with van der Waals surface area (Å²) in [6.07, 6.45) is 7.37. The Morgan fingerprint density at radius 2 is 1.93 bits per heavy atom. The molecule has 2 heteroatoms. The molecule has 1 aromatic rings. The second-order valence-corrected chi connectivity index (χ2v) is 3.08. The largest absolute Gasteiger partial charge is 2.00 e. The molecule has 76 valence electrons. The standard InChI is InChI=1S/C7H9O.C6H5.U/c1-6-3-2-4-7(8)5-6;1-2-4-6-5-3-1;/h2-6,8H,1H3;1-5H;/q2*-1;+2. The summed E-state index contributed by atoms with van der Waals surface area (Å²) in [5.41, 5.74) is 0. The predicted octanol–water partition coefficient (Wildman–Crippen LogP) is 3.33. The molecule has 1 aliphatic carbocycles. The van der Waals surface area contributed by atoms with Crippen LogP contribution < -0.4 is 0 Å². The Morgan fingerprint density at radius 1 is 1.27 bits per heavy atom. The molecule has 0 fully saturated rings. The van der Waals surface area contributed by atoms with Crippen LogP contribution >= 0.6 is 0 Å². The van der Waals surface area contributed by atoms with Crippen LogP contribution in [0.2, 0.25) is 0 Å². The van der Waals surface area contributed by atoms with E-state index in [9.17, 15) is 0 Å². The van der Waals surface area contributed by atoms with Crippen molar-refractivity contribution >= 4 is 0 Å². The maximum Gasteiger partial charge on any atom is 2.00 e. The third kappa shape index (κ3) is 7.36. The van der Waals surface area contributed by atoms with Crippen LogP contribution in [0.5, 0.6) is 0 Å². The van der Waals surface area contributed by atoms with Gasteiger partial charge >= 0.3 is 31.1 Å². The number of aliphatic hydroxyl groups excluding tert-OH is 1. The first-order chi connectivity index (χ1) is 6.79. The van der Waals surface area contributed by atoms with Gasteiger partial charge in [-0.3, -0.25) is 0 Å². The minimum Gasteiger partial charge on any atom is -0.527 e. The van der Waals surface area contributed by atoms with E-state index in [0.29, 0.717) is 11.7 Å². The molecule has 0 saturated heterocycles. The fraction of sp³-hybridized carbons (Fsp3) is 0.154. The molecular weight excluding hydrogens is 410 g/mol. The molecule has 1 nitrogen and oxygen atoms in total. The molecule has 0 radical (unpaired) electrons. The minimum absolute atomic E-state index is 0. The molecule has 0 spiro atoms. The van der Waals surface area contributed by atoms with Crippen LogP contribution in [-0.4, -0.2) is 5.11 Å². The monoisotopic (exact) mass is 424 g/mol. The first kappa shape index (κ1) is 14.4. The Balaban J connectivity index is 0.000000253. The Morgan fingerprint density at radius 3 is 2.20 bits per heavy atom. The summed E-state index contributed by atoms with van der Waals surface area (Å²) in [6.45, 7) is 2.03. The van der Waals surface area contributed by atoms with Crippen molar-refractivity contribution in [1.29, 1.82) is 0 Å². The quantitative estimate of drug-likeness (QED) is 0.634. The number of benzene rings is 1. The normalized spacial score (nSPS) is 17.4. The van der Waals surface area contributed by atoms with E-state index in [0.717, 1.165) is 0 Å². The maximum atomic E-state index is 8.83. The van der Waals surface area contributed by atoms with Crippen LogP contribution in [0.4, 0.5) is 0 Å². The van der Waals surface area contributed by atoms with E-state index in [1.807, 2.05) is 49.8 Å². The van der Waals surface area contributed by atoms with E-state index >= 15 is 0 Å². The van der Waals surface area contributed by atoms with E-state index in [1.54, 1.807) is 12.2 Å². The topological polar surface area (TPSA) is 20.2 Å². The average molecular weight is 424 g/mol. The van der Waals surface area contributed by atoms with Gasteiger partial charge in [-0.05, 0) is 0 Å². The maximum absolute atomic E-state index is 8.83. The summed E-state index contributed by atoms with van der Waals surface area (Å²) in [4.78, 5) is 0. The van der Waals surface area contributed by atoms with E-state index in [-0.39, 0.29) is 31.1 Å². The van der Waals surface area contributed by atoms with E-state index in [4.69, 9.17) is 5.11 Å². The molecule has 0 heterocycles. The molecule has 1 aromatic carbocycles. The molecule has 0 bridgehead atoms. The van der Waals surface area contributed by atoms with Crippen LogP contribution in [0.25, 0.3) is 0 Å². The molecule has 0 aliphatic heterocycles. The van der Waals surface area contributed by atoms with Crippen molar-refractivity contribution in [3.63, 3.8) is 0 Å². The van der Waals surface area contributed by atoms with Gasteiger partial charge in [0.05, 0.1) is 0 Å². The summed E-state index contributed by atoms with van der Waals surface area (Å²) >= 11 is 0. The van der Waals surface area contributed by atoms with Crippen molar-refractivity contribution in [3.8, 4) is 0 Å². The number of aliphatic hydroxyl groups is 1. The second kappa shape index (κ2) is 8.71. The molecule has 0 amide bonds. The zero-order valence-corrected chi connectivity index (χ0v) is 12.9. The van der Waals surface area contributed by atoms with Gasteiger partial charge in [0.25, 0.3) is 0 Å². The van der Waals surface area contributed by atoms with Crippen LogP contribution in [-0.2, 0) is 0 Å². The molecule has 1 aliphatic rings. The molecule has 2 rings (SSSR count). The fourth-order valence-corrected chi connectivity index (χ4v) is 1.05. The van der Waals surface area contributed by atoms with Crippen LogP contribution in [0, 0.1) is 49.5 Å². The smallest absolute Gasteiger partial charge is 0.527 e. The van der Waals surface area contributed by atoms with Gasteiger partial charge in [0.15, 0.2) is 0 Å². The van der Waals surface area contributed by atoms with Crippen LogP contribution in [0.1, 0.15) is 6.92 Å². The van der Waals surface area contributed by atoms with Crippen molar-refractivity contribution < 1.29 is 36.2 Å². The van der Waals surface area contributed by atoms with Gasteiger partial charge < -0.3 is 5.11 Å². The molecule has 15 heavy (non-hydrogen) atoms. The summed E-state index contributed by atoms with van der Waals surface area (Å²) < 4.78 is 0. The Labute approximate surface area is 115 Å². The number of hydrogen-bond acceptors (Lipinski definition) is 1. The first-order valence-corrected chi connectivity index (χ1v) is 4.62. The Bertz CT molecular complexity index is 277. The number of rotatable bonds is 0. The molecule has 1 atom stereocenters. The molecule has 1 unspecified atom stereocenters. The van der Waals surface area contributed by atoms with Crippen molar-refractivity contribution in [2.24, 2.45) is 5.92 Å². The predicted molar refractivity (Wildman–Crippen MR) is 58.6 cm³/mol. The van der Waals surface area contributed by atoms with Gasteiger partial charge in [0.2, 0.25) is 0 Å².